The van der Waals surface area contributed by atoms with Gasteiger partial charge in [0.15, 0.2) is 0 Å². The SMILES string of the molecule is CCC1CN(C)CCC12CN(c1cc3c(Nc4cccc(Cl)c4C)ncnc3cc1OC)C(=O)O2. The zero-order chi connectivity index (χ0) is 24.7. The highest BCUT2D eigenvalue weighted by atomic mass is 35.5. The van der Waals surface area contributed by atoms with Gasteiger partial charge in [0.25, 0.3) is 0 Å². The summed E-state index contributed by atoms with van der Waals surface area (Å²) in [6.45, 7) is 6.41. The standard InChI is InChI=1S/C26H30ClN5O3/c1-5-17-13-31(3)10-9-26(17)14-32(25(33)35-26)22-11-18-21(12-23(22)34-4)28-15-29-24(18)30-20-8-6-7-19(27)16(20)2/h6-8,11-12,15,17H,5,9-10,13-14H2,1-4H3,(H,28,29,30). The number of nitrogens with zero attached hydrogens (tertiary/aromatic N) is 4. The van der Waals surface area contributed by atoms with E-state index in [1.807, 2.05) is 37.3 Å². The fourth-order valence-electron chi connectivity index (χ4n) is 5.26. The lowest BCUT2D eigenvalue weighted by atomic mass is 9.79. The number of hydrogen-bond acceptors (Lipinski definition) is 7. The van der Waals surface area contributed by atoms with Gasteiger partial charge in [-0.3, -0.25) is 4.90 Å². The number of anilines is 3. The Morgan fingerprint density at radius 2 is 2.14 bits per heavy atom. The molecule has 0 radical (unpaired) electrons. The number of halogens is 1. The molecule has 2 aromatic carbocycles. The van der Waals surface area contributed by atoms with Crippen LogP contribution in [0.1, 0.15) is 25.3 Å². The summed E-state index contributed by atoms with van der Waals surface area (Å²) < 4.78 is 11.8. The quantitative estimate of drug-likeness (QED) is 0.507. The molecule has 1 amide bonds. The predicted octanol–water partition coefficient (Wildman–Crippen LogP) is 5.40. The van der Waals surface area contributed by atoms with Gasteiger partial charge in [-0.1, -0.05) is 24.6 Å². The second-order valence-electron chi connectivity index (χ2n) is 9.44. The maximum absolute atomic E-state index is 13.2. The van der Waals surface area contributed by atoms with E-state index in [4.69, 9.17) is 21.1 Å². The number of aromatic nitrogens is 2. The Kier molecular flexibility index (Phi) is 6.19. The molecule has 35 heavy (non-hydrogen) atoms. The maximum atomic E-state index is 13.2. The van der Waals surface area contributed by atoms with Gasteiger partial charge in [0.1, 0.15) is 23.5 Å². The molecule has 1 aromatic heterocycles. The number of fused-ring (bicyclic) bond motifs is 1. The first-order valence-corrected chi connectivity index (χ1v) is 12.3. The van der Waals surface area contributed by atoms with Crippen LogP contribution in [-0.2, 0) is 4.74 Å². The van der Waals surface area contributed by atoms with Crippen molar-refractivity contribution in [1.29, 1.82) is 0 Å². The van der Waals surface area contributed by atoms with Gasteiger partial charge < -0.3 is 19.7 Å². The molecular weight excluding hydrogens is 466 g/mol. The Bertz CT molecular complexity index is 1290. The fraction of sp³-hybridized carbons (Fsp3) is 0.423. The smallest absolute Gasteiger partial charge is 0.415 e. The first-order valence-electron chi connectivity index (χ1n) is 11.9. The van der Waals surface area contributed by atoms with Crippen LogP contribution in [-0.4, -0.2) is 60.4 Å². The van der Waals surface area contributed by atoms with Gasteiger partial charge in [-0.25, -0.2) is 14.8 Å². The average Bonchev–Trinajstić information content (AvgIpc) is 3.19. The summed E-state index contributed by atoms with van der Waals surface area (Å²) in [5.41, 5.74) is 2.64. The molecule has 2 atom stereocenters. The largest absolute Gasteiger partial charge is 0.494 e. The second kappa shape index (κ2) is 9.17. The predicted molar refractivity (Wildman–Crippen MR) is 138 cm³/mol. The minimum atomic E-state index is -0.496. The Morgan fingerprint density at radius 1 is 1.31 bits per heavy atom. The van der Waals surface area contributed by atoms with Crippen molar-refractivity contribution in [3.8, 4) is 5.75 Å². The first-order chi connectivity index (χ1) is 16.8. The average molecular weight is 496 g/mol. The number of rotatable bonds is 5. The molecular formula is C26H30ClN5O3. The summed E-state index contributed by atoms with van der Waals surface area (Å²) >= 11 is 6.32. The van der Waals surface area contributed by atoms with Crippen molar-refractivity contribution in [3.63, 3.8) is 0 Å². The summed E-state index contributed by atoms with van der Waals surface area (Å²) in [6.07, 6.45) is 2.92. The van der Waals surface area contributed by atoms with Crippen molar-refractivity contribution in [2.24, 2.45) is 5.92 Å². The molecule has 2 unspecified atom stereocenters. The molecule has 2 saturated heterocycles. The van der Waals surface area contributed by atoms with Gasteiger partial charge in [0.2, 0.25) is 0 Å². The van der Waals surface area contributed by atoms with E-state index in [9.17, 15) is 4.79 Å². The molecule has 2 fully saturated rings. The molecule has 0 bridgehead atoms. The van der Waals surface area contributed by atoms with Crippen molar-refractivity contribution >= 4 is 45.8 Å². The van der Waals surface area contributed by atoms with E-state index < -0.39 is 5.60 Å². The van der Waals surface area contributed by atoms with E-state index in [2.05, 4.69) is 34.2 Å². The van der Waals surface area contributed by atoms with Gasteiger partial charge in [-0.15, -0.1) is 0 Å². The highest BCUT2D eigenvalue weighted by Crippen LogP contribution is 2.44. The van der Waals surface area contributed by atoms with E-state index in [1.54, 1.807) is 12.0 Å². The Balaban J connectivity index is 1.56. The van der Waals surface area contributed by atoms with Crippen LogP contribution in [0.3, 0.4) is 0 Å². The molecule has 184 valence electrons. The number of ether oxygens (including phenoxy) is 2. The Morgan fingerprint density at radius 3 is 2.91 bits per heavy atom. The third kappa shape index (κ3) is 4.15. The lowest BCUT2D eigenvalue weighted by molar-refractivity contribution is -0.0437. The molecule has 3 aromatic rings. The summed E-state index contributed by atoms with van der Waals surface area (Å²) in [5, 5.41) is 4.82. The summed E-state index contributed by atoms with van der Waals surface area (Å²) in [6, 6.07) is 9.44. The molecule has 0 aliphatic carbocycles. The number of carbonyl (C=O) groups is 1. The van der Waals surface area contributed by atoms with Crippen molar-refractivity contribution < 1.29 is 14.3 Å². The van der Waals surface area contributed by atoms with Crippen LogP contribution in [0.25, 0.3) is 10.9 Å². The maximum Gasteiger partial charge on any atom is 0.415 e. The number of likely N-dealkylation sites (tertiary alicyclic amines) is 1. The first kappa shape index (κ1) is 23.6. The number of piperidine rings is 1. The zero-order valence-electron chi connectivity index (χ0n) is 20.5. The summed E-state index contributed by atoms with van der Waals surface area (Å²) in [7, 11) is 3.72. The van der Waals surface area contributed by atoms with E-state index in [-0.39, 0.29) is 12.0 Å². The van der Waals surface area contributed by atoms with Gasteiger partial charge in [-0.2, -0.15) is 0 Å². The number of hydrogen-bond donors (Lipinski definition) is 1. The molecule has 1 N–H and O–H groups in total. The molecule has 0 saturated carbocycles. The molecule has 9 heteroatoms. The normalized spacial score (nSPS) is 22.6. The van der Waals surface area contributed by atoms with E-state index in [1.165, 1.54) is 6.33 Å². The highest BCUT2D eigenvalue weighted by Gasteiger charge is 2.52. The minimum Gasteiger partial charge on any atom is -0.494 e. The van der Waals surface area contributed by atoms with Crippen LogP contribution in [0.4, 0.5) is 22.0 Å². The van der Waals surface area contributed by atoms with Crippen LogP contribution in [0, 0.1) is 12.8 Å². The van der Waals surface area contributed by atoms with Gasteiger partial charge in [0.05, 0.1) is 24.9 Å². The lowest BCUT2D eigenvalue weighted by Gasteiger charge is -2.42. The Hall–Kier alpha value is -3.10. The number of carbonyl (C=O) groups excluding carboxylic acids is 1. The fourth-order valence-corrected chi connectivity index (χ4v) is 5.43. The number of nitrogens with one attached hydrogen (secondary N) is 1. The third-order valence-electron chi connectivity index (χ3n) is 7.37. The second-order valence-corrected chi connectivity index (χ2v) is 9.84. The monoisotopic (exact) mass is 495 g/mol. The zero-order valence-corrected chi connectivity index (χ0v) is 21.2. The van der Waals surface area contributed by atoms with E-state index in [0.717, 1.165) is 42.6 Å². The topological polar surface area (TPSA) is 79.8 Å². The lowest BCUT2D eigenvalue weighted by Crippen LogP contribution is -2.53. The van der Waals surface area contributed by atoms with Crippen LogP contribution in [0.2, 0.25) is 5.02 Å². The Labute approximate surface area is 210 Å². The van der Waals surface area contributed by atoms with Crippen molar-refractivity contribution in [2.45, 2.75) is 32.3 Å². The van der Waals surface area contributed by atoms with Crippen molar-refractivity contribution in [1.82, 2.24) is 14.9 Å². The summed E-state index contributed by atoms with van der Waals surface area (Å²) in [4.78, 5) is 26.2. The molecule has 3 heterocycles. The summed E-state index contributed by atoms with van der Waals surface area (Å²) in [5.74, 6) is 1.46. The number of amides is 1. The molecule has 8 nitrogen and oxygen atoms in total. The number of methoxy groups -OCH3 is 1. The van der Waals surface area contributed by atoms with Crippen LogP contribution in [0.5, 0.6) is 5.75 Å². The van der Waals surface area contributed by atoms with Crippen molar-refractivity contribution in [3.05, 3.63) is 47.2 Å². The molecule has 2 aliphatic rings. The van der Waals surface area contributed by atoms with Crippen LogP contribution in [0.15, 0.2) is 36.7 Å². The van der Waals surface area contributed by atoms with Gasteiger partial charge in [0, 0.05) is 47.6 Å². The molecule has 2 aliphatic heterocycles. The molecule has 5 rings (SSSR count). The minimum absolute atomic E-state index is 0.271. The van der Waals surface area contributed by atoms with Gasteiger partial charge in [-0.05, 0) is 44.2 Å². The van der Waals surface area contributed by atoms with Crippen LogP contribution < -0.4 is 15.0 Å². The van der Waals surface area contributed by atoms with E-state index in [0.29, 0.717) is 34.3 Å². The highest BCUT2D eigenvalue weighted by molar-refractivity contribution is 6.31. The third-order valence-corrected chi connectivity index (χ3v) is 7.78. The van der Waals surface area contributed by atoms with E-state index >= 15 is 0 Å². The van der Waals surface area contributed by atoms with Gasteiger partial charge >= 0.3 is 6.09 Å². The van der Waals surface area contributed by atoms with Crippen LogP contribution >= 0.6 is 11.6 Å². The van der Waals surface area contributed by atoms with Crippen molar-refractivity contribution in [2.75, 3.05) is 44.0 Å². The number of benzene rings is 2. The molecule has 1 spiro atoms.